The molecule has 1 atom stereocenters. The summed E-state index contributed by atoms with van der Waals surface area (Å²) in [5.41, 5.74) is 1.41. The molecular weight excluding hydrogens is 497 g/mol. The van der Waals surface area contributed by atoms with E-state index in [-0.39, 0.29) is 6.10 Å². The first-order chi connectivity index (χ1) is 17.3. The second-order valence-electron chi connectivity index (χ2n) is 9.66. The minimum atomic E-state index is -2.50. The van der Waals surface area contributed by atoms with Gasteiger partial charge in [-0.15, -0.1) is 0 Å². The molecule has 8 nitrogen and oxygen atoms in total. The smallest absolute Gasteiger partial charge is 0.229 e. The summed E-state index contributed by atoms with van der Waals surface area (Å²) in [4.78, 5) is 11.4. The molecule has 0 saturated carbocycles. The largest absolute Gasteiger partial charge is 0.494 e. The van der Waals surface area contributed by atoms with Crippen molar-refractivity contribution in [3.05, 3.63) is 53.7 Å². The first kappa shape index (κ1) is 24.9. The van der Waals surface area contributed by atoms with Gasteiger partial charge in [-0.25, -0.2) is 4.98 Å². The Morgan fingerprint density at radius 1 is 1.08 bits per heavy atom. The number of fused-ring (bicyclic) bond motifs is 3. The summed E-state index contributed by atoms with van der Waals surface area (Å²) in [5.74, 6) is 2.80. The van der Waals surface area contributed by atoms with E-state index in [1.807, 2.05) is 42.5 Å². The molecule has 3 aromatic rings. The maximum atomic E-state index is 12.7. The number of rotatable bonds is 8. The molecule has 0 radical (unpaired) electrons. The van der Waals surface area contributed by atoms with Gasteiger partial charge in [-0.3, -0.25) is 4.90 Å². The Kier molecular flexibility index (Phi) is 7.11. The van der Waals surface area contributed by atoms with Gasteiger partial charge in [-0.1, -0.05) is 23.7 Å². The number of piperidine rings is 3. The van der Waals surface area contributed by atoms with Gasteiger partial charge in [0.05, 0.1) is 24.7 Å². The number of nitrogens with one attached hydrogen (secondary N) is 2. The maximum Gasteiger partial charge on any atom is 0.229 e. The minimum absolute atomic E-state index is 0.216. The van der Waals surface area contributed by atoms with E-state index in [1.54, 1.807) is 20.4 Å². The Morgan fingerprint density at radius 2 is 1.86 bits per heavy atom. The molecule has 3 aliphatic rings. The highest BCUT2D eigenvalue weighted by molar-refractivity contribution is 7.70. The fraction of sp³-hybridized carbons (Fsp3) is 0.385. The molecule has 0 spiro atoms. The molecule has 3 saturated heterocycles. The number of nitrogens with zero attached hydrogens (tertiary/aromatic N) is 3. The zero-order chi connectivity index (χ0) is 25.3. The number of ether oxygens (including phenoxy) is 2. The van der Waals surface area contributed by atoms with Crippen LogP contribution in [-0.2, 0) is 4.57 Å². The van der Waals surface area contributed by atoms with Crippen molar-refractivity contribution in [3.8, 4) is 11.5 Å². The number of benzene rings is 2. The molecule has 3 aliphatic heterocycles. The third-order valence-electron chi connectivity index (χ3n) is 6.78. The van der Waals surface area contributed by atoms with Crippen LogP contribution in [0.2, 0.25) is 5.02 Å². The first-order valence-electron chi connectivity index (χ1n) is 12.1. The molecule has 1 unspecified atom stereocenters. The van der Waals surface area contributed by atoms with E-state index in [0.29, 0.717) is 39.8 Å². The third-order valence-corrected chi connectivity index (χ3v) is 8.61. The Labute approximate surface area is 216 Å². The summed E-state index contributed by atoms with van der Waals surface area (Å²) in [6, 6.07) is 13.2. The number of anilines is 4. The van der Waals surface area contributed by atoms with Crippen molar-refractivity contribution in [3.63, 3.8) is 0 Å². The molecule has 10 heteroatoms. The van der Waals surface area contributed by atoms with Crippen LogP contribution in [0, 0.1) is 5.92 Å². The fourth-order valence-corrected chi connectivity index (χ4v) is 6.17. The summed E-state index contributed by atoms with van der Waals surface area (Å²) in [7, 11) is -0.879. The van der Waals surface area contributed by atoms with Crippen LogP contribution < -0.4 is 25.4 Å². The maximum absolute atomic E-state index is 12.7. The third kappa shape index (κ3) is 5.46. The lowest BCUT2D eigenvalue weighted by Gasteiger charge is -2.44. The van der Waals surface area contributed by atoms with Crippen molar-refractivity contribution < 1.29 is 14.0 Å². The minimum Gasteiger partial charge on any atom is -0.494 e. The second-order valence-corrected chi connectivity index (χ2v) is 13.3. The van der Waals surface area contributed by atoms with Crippen LogP contribution in [-0.4, -0.2) is 61.0 Å². The number of methoxy groups -OCH3 is 1. The van der Waals surface area contributed by atoms with Gasteiger partial charge in [0.15, 0.2) is 5.82 Å². The van der Waals surface area contributed by atoms with Crippen LogP contribution in [0.3, 0.4) is 0 Å². The molecule has 0 aliphatic carbocycles. The Hall–Kier alpha value is -2.80. The van der Waals surface area contributed by atoms with Gasteiger partial charge in [-0.05, 0) is 69.4 Å². The highest BCUT2D eigenvalue weighted by Gasteiger charge is 2.35. The summed E-state index contributed by atoms with van der Waals surface area (Å²) >= 11 is 6.39. The molecule has 2 bridgehead atoms. The zero-order valence-corrected chi connectivity index (χ0v) is 22.4. The standard InChI is InChI=1S/C26H31ClN5O3P/c1-34-22-14-18(35-23-16-32-12-10-17(23)11-13-32)8-9-20(22)30-26-28-15-19(27)25(31-26)29-21-6-4-5-7-24(21)36(2,3)33/h4-9,14-15,17,23H,10-13,16H2,1-3H3,(H2,28,29,30,31). The average Bonchev–Trinajstić information content (AvgIpc) is 2.87. The van der Waals surface area contributed by atoms with E-state index in [2.05, 4.69) is 25.5 Å². The number of hydrogen-bond donors (Lipinski definition) is 2. The van der Waals surface area contributed by atoms with Gasteiger partial charge in [0.1, 0.15) is 29.8 Å². The lowest BCUT2D eigenvalue weighted by atomic mass is 9.86. The number of hydrogen-bond acceptors (Lipinski definition) is 8. The first-order valence-corrected chi connectivity index (χ1v) is 15.1. The number of halogens is 1. The topological polar surface area (TPSA) is 88.6 Å². The highest BCUT2D eigenvalue weighted by atomic mass is 35.5. The van der Waals surface area contributed by atoms with E-state index in [4.69, 9.17) is 21.1 Å². The molecule has 36 heavy (non-hydrogen) atoms. The molecule has 3 fully saturated rings. The molecule has 190 valence electrons. The van der Waals surface area contributed by atoms with Crippen LogP contribution in [0.15, 0.2) is 48.7 Å². The Morgan fingerprint density at radius 3 is 2.56 bits per heavy atom. The molecular formula is C26H31ClN5O3P. The van der Waals surface area contributed by atoms with E-state index < -0.39 is 7.14 Å². The van der Waals surface area contributed by atoms with Gasteiger partial charge in [-0.2, -0.15) is 4.98 Å². The molecule has 2 N–H and O–H groups in total. The van der Waals surface area contributed by atoms with Crippen molar-refractivity contribution in [1.82, 2.24) is 14.9 Å². The van der Waals surface area contributed by atoms with Gasteiger partial charge in [0, 0.05) is 17.9 Å². The lowest BCUT2D eigenvalue weighted by molar-refractivity contribution is -0.00782. The van der Waals surface area contributed by atoms with E-state index in [1.165, 1.54) is 32.1 Å². The van der Waals surface area contributed by atoms with Crippen LogP contribution in [0.5, 0.6) is 11.5 Å². The second kappa shape index (κ2) is 10.3. The Bertz CT molecular complexity index is 1290. The fourth-order valence-electron chi connectivity index (χ4n) is 4.88. The lowest BCUT2D eigenvalue weighted by Crippen LogP contribution is -2.52. The SMILES string of the molecule is COc1cc(OC2CN3CCC2CC3)ccc1Nc1ncc(Cl)c(Nc2ccccc2P(C)(C)=O)n1. The molecule has 2 aromatic carbocycles. The quantitative estimate of drug-likeness (QED) is 0.379. The predicted molar refractivity (Wildman–Crippen MR) is 146 cm³/mol. The van der Waals surface area contributed by atoms with Gasteiger partial charge >= 0.3 is 0 Å². The molecule has 6 rings (SSSR count). The van der Waals surface area contributed by atoms with Crippen molar-refractivity contribution in [1.29, 1.82) is 0 Å². The van der Waals surface area contributed by atoms with E-state index in [0.717, 1.165) is 17.6 Å². The summed E-state index contributed by atoms with van der Waals surface area (Å²) in [6.45, 7) is 6.80. The molecule has 1 aromatic heterocycles. The molecule has 4 heterocycles. The van der Waals surface area contributed by atoms with Crippen LogP contribution in [0.25, 0.3) is 0 Å². The Balaban J connectivity index is 1.34. The summed E-state index contributed by atoms with van der Waals surface area (Å²) in [6.07, 6.45) is 4.14. The van der Waals surface area contributed by atoms with Crippen LogP contribution in [0.1, 0.15) is 12.8 Å². The predicted octanol–water partition coefficient (Wildman–Crippen LogP) is 5.35. The monoisotopic (exact) mass is 527 g/mol. The summed E-state index contributed by atoms with van der Waals surface area (Å²) in [5, 5.41) is 7.52. The van der Waals surface area contributed by atoms with E-state index >= 15 is 0 Å². The van der Waals surface area contributed by atoms with Crippen molar-refractivity contribution in [2.24, 2.45) is 5.92 Å². The highest BCUT2D eigenvalue weighted by Crippen LogP contribution is 2.39. The van der Waals surface area contributed by atoms with Gasteiger partial charge < -0.3 is 24.7 Å². The summed E-state index contributed by atoms with van der Waals surface area (Å²) < 4.78 is 24.7. The van der Waals surface area contributed by atoms with Gasteiger partial charge in [0.25, 0.3) is 0 Å². The normalized spacial score (nSPS) is 21.2. The number of aromatic nitrogens is 2. The van der Waals surface area contributed by atoms with E-state index in [9.17, 15) is 4.57 Å². The van der Waals surface area contributed by atoms with Crippen LogP contribution in [0.4, 0.5) is 23.1 Å². The number of para-hydroxylation sites is 1. The average molecular weight is 528 g/mol. The van der Waals surface area contributed by atoms with Crippen LogP contribution >= 0.6 is 18.7 Å². The van der Waals surface area contributed by atoms with Crippen molar-refractivity contribution in [2.75, 3.05) is 50.7 Å². The zero-order valence-electron chi connectivity index (χ0n) is 20.7. The molecule has 0 amide bonds. The van der Waals surface area contributed by atoms with Gasteiger partial charge in [0.2, 0.25) is 5.95 Å². The van der Waals surface area contributed by atoms with Crippen molar-refractivity contribution >= 4 is 47.2 Å². The van der Waals surface area contributed by atoms with Crippen molar-refractivity contribution in [2.45, 2.75) is 18.9 Å².